The minimum absolute atomic E-state index is 0.367. The van der Waals surface area contributed by atoms with Crippen LogP contribution in [0.2, 0.25) is 0 Å². The van der Waals surface area contributed by atoms with Crippen LogP contribution in [0.25, 0.3) is 0 Å². The molecule has 0 unspecified atom stereocenters. The number of ether oxygens (including phenoxy) is 1. The van der Waals surface area contributed by atoms with Gasteiger partial charge in [0, 0.05) is 6.54 Å². The van der Waals surface area contributed by atoms with Crippen molar-refractivity contribution in [3.63, 3.8) is 0 Å². The van der Waals surface area contributed by atoms with Crippen molar-refractivity contribution in [1.82, 2.24) is 15.6 Å². The summed E-state index contributed by atoms with van der Waals surface area (Å²) in [4.78, 5) is 39.2. The molecule has 0 saturated carbocycles. The van der Waals surface area contributed by atoms with Crippen LogP contribution in [0.5, 0.6) is 0 Å². The lowest BCUT2D eigenvalue weighted by Gasteiger charge is -2.08. The molecule has 1 aromatic heterocycles. The molecule has 0 atom stereocenters. The lowest BCUT2D eigenvalue weighted by atomic mass is 10.1. The van der Waals surface area contributed by atoms with E-state index in [2.05, 4.69) is 15.6 Å². The Bertz CT molecular complexity index is 554. The molecule has 7 nitrogen and oxygen atoms in total. The van der Waals surface area contributed by atoms with Gasteiger partial charge in [0.1, 0.15) is 4.88 Å². The van der Waals surface area contributed by atoms with Gasteiger partial charge in [-0.15, -0.1) is 11.3 Å². The molecule has 0 aliphatic carbocycles. The number of thiazole rings is 1. The molecule has 0 spiro atoms. The average molecular weight is 327 g/mol. The number of nitrogens with one attached hydrogen (secondary N) is 2. The van der Waals surface area contributed by atoms with Gasteiger partial charge in [-0.2, -0.15) is 0 Å². The highest BCUT2D eigenvalue weighted by Gasteiger charge is 2.17. The van der Waals surface area contributed by atoms with Gasteiger partial charge in [0.2, 0.25) is 0 Å². The molecule has 122 valence electrons. The number of aryl methyl sites for hydroxylation is 2. The molecule has 8 heteroatoms. The fourth-order valence-electron chi connectivity index (χ4n) is 1.60. The summed E-state index contributed by atoms with van der Waals surface area (Å²) in [5.41, 5.74) is 0.569. The normalized spacial score (nSPS) is 10.4. The monoisotopic (exact) mass is 327 g/mol. The molecule has 3 amide bonds. The Morgan fingerprint density at radius 1 is 1.27 bits per heavy atom. The number of nitrogens with zero attached hydrogens (tertiary/aromatic N) is 1. The highest BCUT2D eigenvalue weighted by molar-refractivity contribution is 7.13. The largest absolute Gasteiger partial charge is 0.451 e. The summed E-state index contributed by atoms with van der Waals surface area (Å²) in [6, 6.07) is -0.591. The predicted molar refractivity (Wildman–Crippen MR) is 82.9 cm³/mol. The van der Waals surface area contributed by atoms with Crippen molar-refractivity contribution in [3.8, 4) is 0 Å². The summed E-state index contributed by atoms with van der Waals surface area (Å²) in [5.74, 6) is -0.823. The zero-order chi connectivity index (χ0) is 16.7. The number of hydrogen-bond donors (Lipinski definition) is 2. The smallest absolute Gasteiger partial charge is 0.350 e. The van der Waals surface area contributed by atoms with E-state index in [0.717, 1.165) is 11.4 Å². The maximum absolute atomic E-state index is 11.8. The molecule has 0 fully saturated rings. The summed E-state index contributed by atoms with van der Waals surface area (Å²) in [6.07, 6.45) is 0.820. The molecule has 1 rings (SSSR count). The second-order valence-electron chi connectivity index (χ2n) is 5.21. The summed E-state index contributed by atoms with van der Waals surface area (Å²) < 4.78 is 4.87. The SMILES string of the molecule is Cc1nc(C)c(C(=O)OCC(=O)NC(=O)NCCC(C)C)s1. The molecule has 22 heavy (non-hydrogen) atoms. The number of imide groups is 1. The average Bonchev–Trinajstić information content (AvgIpc) is 2.74. The van der Waals surface area contributed by atoms with Crippen molar-refractivity contribution in [1.29, 1.82) is 0 Å². The van der Waals surface area contributed by atoms with Crippen molar-refractivity contribution in [2.24, 2.45) is 5.92 Å². The second kappa shape index (κ2) is 8.47. The summed E-state index contributed by atoms with van der Waals surface area (Å²) >= 11 is 1.21. The van der Waals surface area contributed by atoms with Gasteiger partial charge in [0.05, 0.1) is 10.7 Å². The Hall–Kier alpha value is -1.96. The van der Waals surface area contributed by atoms with E-state index in [9.17, 15) is 14.4 Å². The van der Waals surface area contributed by atoms with Gasteiger partial charge < -0.3 is 10.1 Å². The van der Waals surface area contributed by atoms with Crippen LogP contribution in [0.3, 0.4) is 0 Å². The van der Waals surface area contributed by atoms with Crippen LogP contribution in [0, 0.1) is 19.8 Å². The Morgan fingerprint density at radius 3 is 2.50 bits per heavy atom. The fourth-order valence-corrected chi connectivity index (χ4v) is 2.41. The molecule has 1 heterocycles. The number of amides is 3. The highest BCUT2D eigenvalue weighted by Crippen LogP contribution is 2.17. The molecular weight excluding hydrogens is 306 g/mol. The van der Waals surface area contributed by atoms with Crippen molar-refractivity contribution < 1.29 is 19.1 Å². The van der Waals surface area contributed by atoms with Crippen LogP contribution in [0.15, 0.2) is 0 Å². The van der Waals surface area contributed by atoms with Crippen molar-refractivity contribution in [2.75, 3.05) is 13.2 Å². The lowest BCUT2D eigenvalue weighted by Crippen LogP contribution is -2.41. The number of carbonyl (C=O) groups excluding carboxylic acids is 3. The molecule has 0 bridgehead atoms. The number of aromatic nitrogens is 1. The summed E-state index contributed by atoms with van der Waals surface area (Å²) in [6.45, 7) is 7.52. The first kappa shape index (κ1) is 18.1. The fraction of sp³-hybridized carbons (Fsp3) is 0.571. The third-order valence-electron chi connectivity index (χ3n) is 2.68. The zero-order valence-electron chi connectivity index (χ0n) is 13.2. The van der Waals surface area contributed by atoms with E-state index in [-0.39, 0.29) is 0 Å². The van der Waals surface area contributed by atoms with Crippen LogP contribution in [-0.2, 0) is 9.53 Å². The van der Waals surface area contributed by atoms with Gasteiger partial charge in [0.25, 0.3) is 5.91 Å². The number of carbonyl (C=O) groups is 3. The lowest BCUT2D eigenvalue weighted by molar-refractivity contribution is -0.123. The van der Waals surface area contributed by atoms with Crippen molar-refractivity contribution >= 4 is 29.2 Å². The molecule has 2 N–H and O–H groups in total. The minimum Gasteiger partial charge on any atom is -0.451 e. The zero-order valence-corrected chi connectivity index (χ0v) is 14.0. The molecule has 1 aromatic rings. The van der Waals surface area contributed by atoms with Crippen LogP contribution >= 0.6 is 11.3 Å². The first-order valence-corrected chi connectivity index (χ1v) is 7.80. The molecule has 0 aromatic carbocycles. The Labute approximate surface area is 133 Å². The van der Waals surface area contributed by atoms with Crippen molar-refractivity contribution in [3.05, 3.63) is 15.6 Å². The van der Waals surface area contributed by atoms with Crippen LogP contribution in [-0.4, -0.2) is 36.0 Å². The van der Waals surface area contributed by atoms with E-state index in [1.165, 1.54) is 11.3 Å². The third kappa shape index (κ3) is 6.21. The van der Waals surface area contributed by atoms with Crippen LogP contribution in [0.4, 0.5) is 4.79 Å². The van der Waals surface area contributed by atoms with Gasteiger partial charge in [-0.3, -0.25) is 10.1 Å². The first-order chi connectivity index (χ1) is 10.3. The second-order valence-corrected chi connectivity index (χ2v) is 6.41. The quantitative estimate of drug-likeness (QED) is 0.776. The van der Waals surface area contributed by atoms with Gasteiger partial charge >= 0.3 is 12.0 Å². The van der Waals surface area contributed by atoms with E-state index in [0.29, 0.717) is 23.0 Å². The van der Waals surface area contributed by atoms with Crippen molar-refractivity contribution in [2.45, 2.75) is 34.1 Å². The predicted octanol–water partition coefficient (Wildman–Crippen LogP) is 1.79. The first-order valence-electron chi connectivity index (χ1n) is 6.98. The number of hydrogen-bond acceptors (Lipinski definition) is 6. The van der Waals surface area contributed by atoms with E-state index < -0.39 is 24.5 Å². The number of rotatable bonds is 6. The molecule has 0 aliphatic heterocycles. The standard InChI is InChI=1S/C14H21N3O4S/c1-8(2)5-6-15-14(20)17-11(18)7-21-13(19)12-9(3)16-10(4)22-12/h8H,5-7H2,1-4H3,(H2,15,17,18,20). The van der Waals surface area contributed by atoms with Gasteiger partial charge in [-0.25, -0.2) is 14.6 Å². The molecule has 0 saturated heterocycles. The topological polar surface area (TPSA) is 97.4 Å². The van der Waals surface area contributed by atoms with Crippen LogP contribution < -0.4 is 10.6 Å². The summed E-state index contributed by atoms with van der Waals surface area (Å²) in [7, 11) is 0. The molecule has 0 aliphatic rings. The Kier molecular flexibility index (Phi) is 6.97. The molecular formula is C14H21N3O4S. The van der Waals surface area contributed by atoms with Gasteiger partial charge in [0.15, 0.2) is 6.61 Å². The number of urea groups is 1. The van der Waals surface area contributed by atoms with Gasteiger partial charge in [-0.05, 0) is 26.2 Å². The maximum atomic E-state index is 11.8. The highest BCUT2D eigenvalue weighted by atomic mass is 32.1. The Morgan fingerprint density at radius 2 is 1.95 bits per heavy atom. The van der Waals surface area contributed by atoms with E-state index in [1.807, 2.05) is 13.8 Å². The van der Waals surface area contributed by atoms with E-state index in [1.54, 1.807) is 13.8 Å². The Balaban J connectivity index is 2.32. The van der Waals surface area contributed by atoms with E-state index >= 15 is 0 Å². The third-order valence-corrected chi connectivity index (χ3v) is 3.74. The van der Waals surface area contributed by atoms with E-state index in [4.69, 9.17) is 4.74 Å². The maximum Gasteiger partial charge on any atom is 0.350 e. The summed E-state index contributed by atoms with van der Waals surface area (Å²) in [5, 5.41) is 5.41. The van der Waals surface area contributed by atoms with Crippen LogP contribution in [0.1, 0.15) is 40.6 Å². The molecule has 0 radical (unpaired) electrons. The number of esters is 1. The van der Waals surface area contributed by atoms with Gasteiger partial charge in [-0.1, -0.05) is 13.8 Å². The minimum atomic E-state index is -0.672.